The Morgan fingerprint density at radius 1 is 0.815 bits per heavy atom. The lowest BCUT2D eigenvalue weighted by Gasteiger charge is -2.07. The summed E-state index contributed by atoms with van der Waals surface area (Å²) in [7, 11) is -3.83. The number of carbonyl (C=O) groups excluding carboxylic acids is 1. The number of carbonyl (C=O) groups is 1. The summed E-state index contributed by atoms with van der Waals surface area (Å²) in [5, 5.41) is 1.34. The molecule has 0 N–H and O–H groups in total. The second-order valence-corrected chi connectivity index (χ2v) is 8.25. The van der Waals surface area contributed by atoms with E-state index in [1.54, 1.807) is 24.4 Å². The number of aromatic nitrogens is 1. The number of aldehydes is 1. The fraction of sp³-hybridized carbons (Fsp3) is 0. The van der Waals surface area contributed by atoms with Gasteiger partial charge in [0.1, 0.15) is 6.29 Å². The third kappa shape index (κ3) is 2.95. The second kappa shape index (κ2) is 6.68. The van der Waals surface area contributed by atoms with Crippen LogP contribution >= 0.6 is 11.6 Å². The highest BCUT2D eigenvalue weighted by molar-refractivity contribution is 7.90. The molecule has 0 bridgehead atoms. The minimum absolute atomic E-state index is 0.111. The summed E-state index contributed by atoms with van der Waals surface area (Å²) in [5.41, 5.74) is 2.49. The molecule has 1 heterocycles. The Morgan fingerprint density at radius 3 is 2.19 bits per heavy atom. The first kappa shape index (κ1) is 17.5. The first-order chi connectivity index (χ1) is 13.0. The van der Waals surface area contributed by atoms with Gasteiger partial charge in [-0.3, -0.25) is 4.79 Å². The lowest BCUT2D eigenvalue weighted by atomic mass is 10.1. The average molecular weight is 396 g/mol. The van der Waals surface area contributed by atoms with Crippen LogP contribution in [-0.4, -0.2) is 18.7 Å². The number of rotatable bonds is 4. The van der Waals surface area contributed by atoms with Crippen molar-refractivity contribution < 1.29 is 13.2 Å². The third-order valence-electron chi connectivity index (χ3n) is 4.42. The predicted octanol–water partition coefficient (Wildman–Crippen LogP) is 5.01. The summed E-state index contributed by atoms with van der Waals surface area (Å²) in [5.74, 6) is 0. The molecule has 4 aromatic rings. The maximum Gasteiger partial charge on any atom is 0.268 e. The van der Waals surface area contributed by atoms with Crippen molar-refractivity contribution in [2.75, 3.05) is 0 Å². The number of hydrogen-bond acceptors (Lipinski definition) is 3. The number of benzene rings is 3. The Bertz CT molecular complexity index is 1260. The van der Waals surface area contributed by atoms with Crippen LogP contribution in [0.25, 0.3) is 22.0 Å². The van der Waals surface area contributed by atoms with E-state index < -0.39 is 10.0 Å². The third-order valence-corrected chi connectivity index (χ3v) is 6.43. The van der Waals surface area contributed by atoms with Gasteiger partial charge in [-0.2, -0.15) is 0 Å². The number of hydrogen-bond donors (Lipinski definition) is 0. The molecule has 4 rings (SSSR count). The van der Waals surface area contributed by atoms with Gasteiger partial charge in [-0.25, -0.2) is 12.4 Å². The Morgan fingerprint density at radius 2 is 1.48 bits per heavy atom. The summed E-state index contributed by atoms with van der Waals surface area (Å²) < 4.78 is 27.7. The van der Waals surface area contributed by atoms with Gasteiger partial charge in [0.25, 0.3) is 10.0 Å². The van der Waals surface area contributed by atoms with Crippen LogP contribution < -0.4 is 0 Å². The standard InChI is InChI=1S/C21H14ClNO3S/c22-20-7-3-1-5-17(20)19-13-23(21-8-4-2-6-18(19)21)27(25,26)16-11-9-15(14-24)10-12-16/h1-14H. The second-order valence-electron chi connectivity index (χ2n) is 6.03. The highest BCUT2D eigenvalue weighted by Gasteiger charge is 2.22. The predicted molar refractivity (Wildman–Crippen MR) is 107 cm³/mol. The molecule has 0 radical (unpaired) electrons. The minimum atomic E-state index is -3.83. The van der Waals surface area contributed by atoms with E-state index in [-0.39, 0.29) is 4.90 Å². The molecule has 4 nitrogen and oxygen atoms in total. The van der Waals surface area contributed by atoms with Gasteiger partial charge >= 0.3 is 0 Å². The van der Waals surface area contributed by atoms with Gasteiger partial charge in [-0.05, 0) is 24.3 Å². The summed E-state index contributed by atoms with van der Waals surface area (Å²) >= 11 is 6.34. The number of para-hydroxylation sites is 1. The fourth-order valence-electron chi connectivity index (χ4n) is 3.07. The molecule has 27 heavy (non-hydrogen) atoms. The van der Waals surface area contributed by atoms with E-state index in [1.165, 1.54) is 28.2 Å². The topological polar surface area (TPSA) is 56.1 Å². The van der Waals surface area contributed by atoms with Gasteiger partial charge in [0, 0.05) is 33.3 Å². The van der Waals surface area contributed by atoms with E-state index in [1.807, 2.05) is 30.3 Å². The van der Waals surface area contributed by atoms with Crippen molar-refractivity contribution in [1.29, 1.82) is 0 Å². The Kier molecular flexibility index (Phi) is 4.34. The number of nitrogens with zero attached hydrogens (tertiary/aromatic N) is 1. The normalized spacial score (nSPS) is 11.6. The van der Waals surface area contributed by atoms with Crippen molar-refractivity contribution in [3.05, 3.63) is 89.6 Å². The Hall–Kier alpha value is -2.89. The molecule has 6 heteroatoms. The van der Waals surface area contributed by atoms with Crippen LogP contribution in [0, 0.1) is 0 Å². The SMILES string of the molecule is O=Cc1ccc(S(=O)(=O)n2cc(-c3ccccc3Cl)c3ccccc32)cc1. The van der Waals surface area contributed by atoms with Crippen LogP contribution in [-0.2, 0) is 10.0 Å². The van der Waals surface area contributed by atoms with Crippen molar-refractivity contribution >= 4 is 38.8 Å². The number of fused-ring (bicyclic) bond motifs is 1. The zero-order valence-corrected chi connectivity index (χ0v) is 15.6. The molecule has 3 aromatic carbocycles. The maximum absolute atomic E-state index is 13.2. The van der Waals surface area contributed by atoms with Gasteiger partial charge in [0.05, 0.1) is 10.4 Å². The Labute approximate surface area is 161 Å². The zero-order valence-electron chi connectivity index (χ0n) is 14.0. The fourth-order valence-corrected chi connectivity index (χ4v) is 4.68. The van der Waals surface area contributed by atoms with Gasteiger partial charge in [0.2, 0.25) is 0 Å². The molecule has 0 aliphatic rings. The minimum Gasteiger partial charge on any atom is -0.298 e. The van der Waals surface area contributed by atoms with Crippen LogP contribution in [0.3, 0.4) is 0 Å². The first-order valence-corrected chi connectivity index (χ1v) is 10.00. The van der Waals surface area contributed by atoms with E-state index in [9.17, 15) is 13.2 Å². The van der Waals surface area contributed by atoms with Crippen molar-refractivity contribution in [1.82, 2.24) is 3.97 Å². The molecular formula is C21H14ClNO3S. The van der Waals surface area contributed by atoms with Crippen LogP contribution in [0.4, 0.5) is 0 Å². The largest absolute Gasteiger partial charge is 0.298 e. The van der Waals surface area contributed by atoms with E-state index >= 15 is 0 Å². The quantitative estimate of drug-likeness (QED) is 0.456. The van der Waals surface area contributed by atoms with Gasteiger partial charge in [0.15, 0.2) is 0 Å². The average Bonchev–Trinajstić information content (AvgIpc) is 3.09. The van der Waals surface area contributed by atoms with Gasteiger partial charge in [-0.15, -0.1) is 0 Å². The maximum atomic E-state index is 13.2. The molecule has 1 aromatic heterocycles. The Balaban J connectivity index is 1.97. The van der Waals surface area contributed by atoms with Crippen molar-refractivity contribution in [3.8, 4) is 11.1 Å². The first-order valence-electron chi connectivity index (χ1n) is 8.18. The van der Waals surface area contributed by atoms with Crippen LogP contribution in [0.15, 0.2) is 83.9 Å². The highest BCUT2D eigenvalue weighted by atomic mass is 35.5. The molecule has 0 aliphatic heterocycles. The van der Waals surface area contributed by atoms with E-state index in [0.717, 1.165) is 16.5 Å². The van der Waals surface area contributed by atoms with Crippen LogP contribution in [0.5, 0.6) is 0 Å². The van der Waals surface area contributed by atoms with Crippen LogP contribution in [0.2, 0.25) is 5.02 Å². The van der Waals surface area contributed by atoms with E-state index in [0.29, 0.717) is 22.4 Å². The smallest absolute Gasteiger partial charge is 0.268 e. The number of halogens is 1. The monoisotopic (exact) mass is 395 g/mol. The lowest BCUT2D eigenvalue weighted by Crippen LogP contribution is -2.11. The molecule has 0 saturated carbocycles. The molecule has 0 saturated heterocycles. The molecule has 0 amide bonds. The van der Waals surface area contributed by atoms with Crippen molar-refractivity contribution in [3.63, 3.8) is 0 Å². The van der Waals surface area contributed by atoms with E-state index in [2.05, 4.69) is 0 Å². The van der Waals surface area contributed by atoms with Crippen molar-refractivity contribution in [2.24, 2.45) is 0 Å². The van der Waals surface area contributed by atoms with Gasteiger partial charge < -0.3 is 0 Å². The molecule has 0 spiro atoms. The summed E-state index contributed by atoms with van der Waals surface area (Å²) in [6.45, 7) is 0. The molecule has 0 aliphatic carbocycles. The lowest BCUT2D eigenvalue weighted by molar-refractivity contribution is 0.112. The van der Waals surface area contributed by atoms with Crippen molar-refractivity contribution in [2.45, 2.75) is 4.90 Å². The zero-order chi connectivity index (χ0) is 19.0. The molecule has 0 unspecified atom stereocenters. The molecular weight excluding hydrogens is 382 g/mol. The summed E-state index contributed by atoms with van der Waals surface area (Å²) in [4.78, 5) is 10.9. The highest BCUT2D eigenvalue weighted by Crippen LogP contribution is 2.36. The molecule has 0 atom stereocenters. The summed E-state index contributed by atoms with van der Waals surface area (Å²) in [6.07, 6.45) is 2.27. The molecule has 0 fully saturated rings. The van der Waals surface area contributed by atoms with Gasteiger partial charge in [-0.1, -0.05) is 60.1 Å². The van der Waals surface area contributed by atoms with E-state index in [4.69, 9.17) is 11.6 Å². The van der Waals surface area contributed by atoms with Crippen LogP contribution in [0.1, 0.15) is 10.4 Å². The summed E-state index contributed by atoms with van der Waals surface area (Å²) in [6, 6.07) is 20.4. The molecule has 134 valence electrons.